The van der Waals surface area contributed by atoms with Crippen LogP contribution in [0.15, 0.2) is 59.4 Å². The van der Waals surface area contributed by atoms with Gasteiger partial charge in [0.1, 0.15) is 17.5 Å². The van der Waals surface area contributed by atoms with Crippen molar-refractivity contribution in [1.82, 2.24) is 20.1 Å². The number of hydrogen-bond acceptors (Lipinski definition) is 5. The van der Waals surface area contributed by atoms with Crippen LogP contribution in [-0.4, -0.2) is 47.5 Å². The minimum atomic E-state index is -0.929. The van der Waals surface area contributed by atoms with Crippen molar-refractivity contribution in [2.24, 2.45) is 17.6 Å². The van der Waals surface area contributed by atoms with E-state index >= 15 is 13.6 Å². The van der Waals surface area contributed by atoms with Gasteiger partial charge in [0.05, 0.1) is 22.6 Å². The Labute approximate surface area is 295 Å². The summed E-state index contributed by atoms with van der Waals surface area (Å²) in [7, 11) is 0. The minimum Gasteiger partial charge on any atom is -0.365 e. The van der Waals surface area contributed by atoms with Crippen LogP contribution in [0.5, 0.6) is 0 Å². The van der Waals surface area contributed by atoms with Crippen molar-refractivity contribution in [2.75, 3.05) is 26.2 Å². The summed E-state index contributed by atoms with van der Waals surface area (Å²) in [5.41, 5.74) is 7.04. The highest BCUT2D eigenvalue weighted by Crippen LogP contribution is 2.50. The quantitative estimate of drug-likeness (QED) is 0.165. The molecule has 1 aliphatic heterocycles. The third-order valence-corrected chi connectivity index (χ3v) is 10.9. The zero-order chi connectivity index (χ0) is 35.8. The summed E-state index contributed by atoms with van der Waals surface area (Å²) in [6, 6.07) is 12.8. The van der Waals surface area contributed by atoms with E-state index < -0.39 is 46.8 Å². The maximum Gasteiger partial charge on any atom is 0.261 e. The lowest BCUT2D eigenvalue weighted by Gasteiger charge is -2.35. The third kappa shape index (κ3) is 6.81. The van der Waals surface area contributed by atoms with E-state index in [1.807, 2.05) is 6.92 Å². The number of halogens is 3. The van der Waals surface area contributed by atoms with Gasteiger partial charge < -0.3 is 20.9 Å². The van der Waals surface area contributed by atoms with Crippen molar-refractivity contribution in [1.29, 1.82) is 0 Å². The second-order valence-corrected chi connectivity index (χ2v) is 14.3. The molecule has 4 N–H and O–H groups in total. The molecule has 3 aliphatic rings. The van der Waals surface area contributed by atoms with Gasteiger partial charge in [-0.1, -0.05) is 43.7 Å². The highest BCUT2D eigenvalue weighted by Gasteiger charge is 2.40. The molecule has 2 aliphatic carbocycles. The molecule has 0 radical (unpaired) electrons. The number of piperazine rings is 1. The molecule has 8 nitrogen and oxygen atoms in total. The first-order chi connectivity index (χ1) is 24.7. The van der Waals surface area contributed by atoms with Gasteiger partial charge in [0.15, 0.2) is 0 Å². The SMILES string of the molecule is CCCn1c(CN2CCNCC2)c(C(=O)N[C@H](c2cccc(F)c2)C2CCC2)c2c([C@@H](c3cccc(F)c3C(N)=O)C3CC3)ccc(F)c2c1=O. The number of nitrogens with one attached hydrogen (secondary N) is 2. The Kier molecular flexibility index (Phi) is 10.0. The molecule has 3 aromatic carbocycles. The molecule has 4 aromatic rings. The number of fused-ring (bicyclic) bond motifs is 1. The van der Waals surface area contributed by atoms with E-state index in [0.29, 0.717) is 41.9 Å². The summed E-state index contributed by atoms with van der Waals surface area (Å²) < 4.78 is 47.7. The van der Waals surface area contributed by atoms with E-state index in [1.165, 1.54) is 34.9 Å². The molecule has 268 valence electrons. The molecule has 2 amide bonds. The van der Waals surface area contributed by atoms with Crippen LogP contribution < -0.4 is 21.9 Å². The predicted molar refractivity (Wildman–Crippen MR) is 190 cm³/mol. The largest absolute Gasteiger partial charge is 0.365 e. The Morgan fingerprint density at radius 2 is 1.65 bits per heavy atom. The Morgan fingerprint density at radius 1 is 0.902 bits per heavy atom. The summed E-state index contributed by atoms with van der Waals surface area (Å²) in [4.78, 5) is 44.5. The van der Waals surface area contributed by atoms with Gasteiger partial charge in [-0.15, -0.1) is 0 Å². The Bertz CT molecular complexity index is 2030. The first-order valence-electron chi connectivity index (χ1n) is 18.1. The highest BCUT2D eigenvalue weighted by molar-refractivity contribution is 6.10. The number of nitrogens with two attached hydrogens (primary N) is 1. The minimum absolute atomic E-state index is 0.0563. The fraction of sp³-hybridized carbons (Fsp3) is 0.425. The van der Waals surface area contributed by atoms with Gasteiger partial charge >= 0.3 is 0 Å². The third-order valence-electron chi connectivity index (χ3n) is 10.9. The number of primary amides is 1. The lowest BCUT2D eigenvalue weighted by atomic mass is 9.77. The standard InChI is InChI=1S/C40H44F3N5O3/c1-2-18-48-31(22-47-19-16-45-17-20-47)36(39(50)46-37(24-6-3-7-24)25-8-4-9-26(41)21-25)34-28(14-15-30(43)35(34)40(48)51)32(23-12-13-23)27-10-5-11-29(42)33(27)38(44)49/h4-5,8-11,14-15,21,23-24,32,37,45H,2-3,6-7,12-13,16-20,22H2,1H3,(H2,44,49)(H,46,50)/t32-,37+/m1/s1. The van der Waals surface area contributed by atoms with Gasteiger partial charge in [0.2, 0.25) is 0 Å². The number of carbonyl (C=O) groups excluding carboxylic acids is 2. The van der Waals surface area contributed by atoms with E-state index in [1.54, 1.807) is 24.3 Å². The van der Waals surface area contributed by atoms with Crippen molar-refractivity contribution in [2.45, 2.75) is 70.5 Å². The van der Waals surface area contributed by atoms with Crippen LogP contribution in [0.2, 0.25) is 0 Å². The number of aromatic nitrogens is 1. The van der Waals surface area contributed by atoms with Gasteiger partial charge in [-0.05, 0) is 84.9 Å². The maximum absolute atomic E-state index is 16.3. The monoisotopic (exact) mass is 699 g/mol. The van der Waals surface area contributed by atoms with Crippen LogP contribution in [-0.2, 0) is 13.1 Å². The average molecular weight is 700 g/mol. The molecule has 0 bridgehead atoms. The second-order valence-electron chi connectivity index (χ2n) is 14.3. The molecule has 2 heterocycles. The fourth-order valence-corrected chi connectivity index (χ4v) is 8.14. The van der Waals surface area contributed by atoms with Crippen molar-refractivity contribution in [3.05, 3.63) is 116 Å². The van der Waals surface area contributed by atoms with Crippen LogP contribution in [0.4, 0.5) is 13.2 Å². The number of hydrogen-bond donors (Lipinski definition) is 3. The summed E-state index contributed by atoms with van der Waals surface area (Å²) in [5, 5.41) is 6.53. The van der Waals surface area contributed by atoms with E-state index in [0.717, 1.165) is 45.2 Å². The van der Waals surface area contributed by atoms with Gasteiger partial charge in [0, 0.05) is 56.3 Å². The number of amides is 2. The van der Waals surface area contributed by atoms with Gasteiger partial charge in [-0.2, -0.15) is 0 Å². The van der Waals surface area contributed by atoms with E-state index in [9.17, 15) is 14.0 Å². The Balaban J connectivity index is 1.51. The number of carbonyl (C=O) groups is 2. The molecule has 0 unspecified atom stereocenters. The number of benzene rings is 3. The molecule has 1 aromatic heterocycles. The molecule has 0 spiro atoms. The predicted octanol–water partition coefficient (Wildman–Crippen LogP) is 6.15. The smallest absolute Gasteiger partial charge is 0.261 e. The average Bonchev–Trinajstić information content (AvgIpc) is 3.92. The van der Waals surface area contributed by atoms with E-state index in [-0.39, 0.29) is 46.8 Å². The van der Waals surface area contributed by atoms with E-state index in [2.05, 4.69) is 15.5 Å². The Morgan fingerprint density at radius 3 is 2.29 bits per heavy atom. The molecule has 51 heavy (non-hydrogen) atoms. The zero-order valence-electron chi connectivity index (χ0n) is 28.8. The van der Waals surface area contributed by atoms with Crippen LogP contribution in [0, 0.1) is 29.3 Å². The molecule has 7 rings (SSSR count). The van der Waals surface area contributed by atoms with E-state index in [4.69, 9.17) is 5.73 Å². The molecule has 3 fully saturated rings. The fourth-order valence-electron chi connectivity index (χ4n) is 8.14. The molecule has 1 saturated heterocycles. The number of rotatable bonds is 12. The van der Waals surface area contributed by atoms with Crippen LogP contribution >= 0.6 is 0 Å². The first-order valence-corrected chi connectivity index (χ1v) is 18.1. The van der Waals surface area contributed by atoms with Crippen LogP contribution in [0.25, 0.3) is 10.8 Å². The zero-order valence-corrected chi connectivity index (χ0v) is 28.8. The second kappa shape index (κ2) is 14.6. The normalized spacial score (nSPS) is 18.0. The maximum atomic E-state index is 16.3. The molecule has 2 saturated carbocycles. The summed E-state index contributed by atoms with van der Waals surface area (Å²) in [5.74, 6) is -4.00. The lowest BCUT2D eigenvalue weighted by molar-refractivity contribution is 0.0897. The van der Waals surface area contributed by atoms with Crippen molar-refractivity contribution in [3.8, 4) is 0 Å². The molecule has 11 heteroatoms. The number of nitrogens with zero attached hydrogens (tertiary/aromatic N) is 2. The van der Waals surface area contributed by atoms with Crippen molar-refractivity contribution in [3.63, 3.8) is 0 Å². The van der Waals surface area contributed by atoms with Crippen molar-refractivity contribution < 1.29 is 22.8 Å². The van der Waals surface area contributed by atoms with Crippen LogP contribution in [0.1, 0.15) is 101 Å². The summed E-state index contributed by atoms with van der Waals surface area (Å²) in [6.45, 7) is 5.27. The van der Waals surface area contributed by atoms with Crippen LogP contribution in [0.3, 0.4) is 0 Å². The first kappa shape index (κ1) is 34.9. The highest BCUT2D eigenvalue weighted by atomic mass is 19.1. The summed E-state index contributed by atoms with van der Waals surface area (Å²) in [6.07, 6.45) is 4.76. The van der Waals surface area contributed by atoms with Gasteiger partial charge in [0.25, 0.3) is 17.4 Å². The van der Waals surface area contributed by atoms with Crippen molar-refractivity contribution >= 4 is 22.6 Å². The molecule has 2 atom stereocenters. The Hall–Kier alpha value is -4.48. The van der Waals surface area contributed by atoms with Gasteiger partial charge in [-0.25, -0.2) is 13.2 Å². The topological polar surface area (TPSA) is 109 Å². The molecular formula is C40H44F3N5O3. The number of pyridine rings is 1. The van der Waals surface area contributed by atoms with Gasteiger partial charge in [-0.3, -0.25) is 19.3 Å². The summed E-state index contributed by atoms with van der Waals surface area (Å²) >= 11 is 0. The molecular weight excluding hydrogens is 655 g/mol. The lowest BCUT2D eigenvalue weighted by Crippen LogP contribution is -2.45.